The molecule has 1 N–H and O–H groups in total. The SMILES string of the molecule is Cc1ccncc1CNc1cccc(Cl)c1. The number of nitrogens with one attached hydrogen (secondary N) is 1. The van der Waals surface area contributed by atoms with Gasteiger partial charge in [0, 0.05) is 29.6 Å². The molecular formula is C13H13ClN2. The van der Waals surface area contributed by atoms with Gasteiger partial charge in [0.15, 0.2) is 0 Å². The number of benzene rings is 1. The lowest BCUT2D eigenvalue weighted by molar-refractivity contribution is 1.08. The number of nitrogens with zero attached hydrogens (tertiary/aromatic N) is 1. The number of anilines is 1. The van der Waals surface area contributed by atoms with Crippen molar-refractivity contribution in [1.29, 1.82) is 0 Å². The third-order valence-corrected chi connectivity index (χ3v) is 2.69. The first kappa shape index (κ1) is 11.0. The Bertz CT molecular complexity index is 483. The standard InChI is InChI=1S/C13H13ClN2/c1-10-5-6-15-8-11(10)9-16-13-4-2-3-12(14)7-13/h2-8,16H,9H2,1H3. The fourth-order valence-corrected chi connectivity index (χ4v) is 1.67. The van der Waals surface area contributed by atoms with Crippen LogP contribution in [0.3, 0.4) is 0 Å². The van der Waals surface area contributed by atoms with Crippen molar-refractivity contribution in [3.05, 3.63) is 58.9 Å². The molecular weight excluding hydrogens is 220 g/mol. The third kappa shape index (κ3) is 2.74. The van der Waals surface area contributed by atoms with Gasteiger partial charge in [0.1, 0.15) is 0 Å². The van der Waals surface area contributed by atoms with E-state index in [1.807, 2.05) is 36.5 Å². The average Bonchev–Trinajstić information content (AvgIpc) is 2.28. The Morgan fingerprint density at radius 3 is 2.94 bits per heavy atom. The molecule has 16 heavy (non-hydrogen) atoms. The molecule has 0 aliphatic rings. The van der Waals surface area contributed by atoms with Crippen molar-refractivity contribution in [2.45, 2.75) is 13.5 Å². The summed E-state index contributed by atoms with van der Waals surface area (Å²) in [5.74, 6) is 0. The molecule has 0 atom stereocenters. The normalized spacial score (nSPS) is 10.1. The lowest BCUT2D eigenvalue weighted by Crippen LogP contribution is -2.01. The van der Waals surface area contributed by atoms with Gasteiger partial charge in [-0.3, -0.25) is 4.98 Å². The number of hydrogen-bond donors (Lipinski definition) is 1. The molecule has 0 bridgehead atoms. The van der Waals surface area contributed by atoms with E-state index in [1.54, 1.807) is 6.20 Å². The fourth-order valence-electron chi connectivity index (χ4n) is 1.48. The molecule has 0 spiro atoms. The van der Waals surface area contributed by atoms with E-state index in [-0.39, 0.29) is 0 Å². The summed E-state index contributed by atoms with van der Waals surface area (Å²) in [5, 5.41) is 4.06. The van der Waals surface area contributed by atoms with Gasteiger partial charge in [0.25, 0.3) is 0 Å². The van der Waals surface area contributed by atoms with Gasteiger partial charge >= 0.3 is 0 Å². The summed E-state index contributed by atoms with van der Waals surface area (Å²) in [6.45, 7) is 2.84. The maximum absolute atomic E-state index is 5.91. The topological polar surface area (TPSA) is 24.9 Å². The van der Waals surface area contributed by atoms with Crippen LogP contribution in [0.1, 0.15) is 11.1 Å². The fraction of sp³-hybridized carbons (Fsp3) is 0.154. The Hall–Kier alpha value is -1.54. The van der Waals surface area contributed by atoms with Crippen LogP contribution in [0.25, 0.3) is 0 Å². The van der Waals surface area contributed by atoms with Gasteiger partial charge in [0.05, 0.1) is 0 Å². The highest BCUT2D eigenvalue weighted by molar-refractivity contribution is 6.30. The highest BCUT2D eigenvalue weighted by Crippen LogP contribution is 2.16. The molecule has 0 amide bonds. The molecule has 2 nitrogen and oxygen atoms in total. The number of pyridine rings is 1. The second-order valence-corrected chi connectivity index (χ2v) is 4.10. The zero-order valence-corrected chi connectivity index (χ0v) is 9.83. The van der Waals surface area contributed by atoms with E-state index in [0.717, 1.165) is 17.3 Å². The number of hydrogen-bond acceptors (Lipinski definition) is 2. The summed E-state index contributed by atoms with van der Waals surface area (Å²) < 4.78 is 0. The maximum atomic E-state index is 5.91. The lowest BCUT2D eigenvalue weighted by Gasteiger charge is -2.08. The van der Waals surface area contributed by atoms with Crippen molar-refractivity contribution >= 4 is 17.3 Å². The Morgan fingerprint density at radius 2 is 2.19 bits per heavy atom. The first-order valence-corrected chi connectivity index (χ1v) is 5.52. The van der Waals surface area contributed by atoms with Crippen molar-refractivity contribution in [1.82, 2.24) is 4.98 Å². The summed E-state index contributed by atoms with van der Waals surface area (Å²) in [6.07, 6.45) is 3.69. The minimum atomic E-state index is 0.743. The molecule has 0 saturated carbocycles. The summed E-state index contributed by atoms with van der Waals surface area (Å²) >= 11 is 5.91. The molecule has 0 saturated heterocycles. The van der Waals surface area contributed by atoms with Gasteiger partial charge in [-0.1, -0.05) is 17.7 Å². The van der Waals surface area contributed by atoms with E-state index >= 15 is 0 Å². The van der Waals surface area contributed by atoms with Gasteiger partial charge < -0.3 is 5.32 Å². The molecule has 2 aromatic rings. The van der Waals surface area contributed by atoms with Gasteiger partial charge in [0.2, 0.25) is 0 Å². The van der Waals surface area contributed by atoms with Crippen molar-refractivity contribution < 1.29 is 0 Å². The Labute approximate surface area is 100 Å². The second-order valence-electron chi connectivity index (χ2n) is 3.67. The molecule has 0 fully saturated rings. The van der Waals surface area contributed by atoms with Crippen LogP contribution in [-0.2, 0) is 6.54 Å². The Kier molecular flexibility index (Phi) is 3.42. The Morgan fingerprint density at radius 1 is 1.31 bits per heavy atom. The molecule has 0 radical (unpaired) electrons. The van der Waals surface area contributed by atoms with Crippen LogP contribution in [0.5, 0.6) is 0 Å². The van der Waals surface area contributed by atoms with Crippen LogP contribution in [0.15, 0.2) is 42.7 Å². The van der Waals surface area contributed by atoms with E-state index in [4.69, 9.17) is 11.6 Å². The molecule has 82 valence electrons. The van der Waals surface area contributed by atoms with Crippen molar-refractivity contribution in [3.63, 3.8) is 0 Å². The van der Waals surface area contributed by atoms with Crippen LogP contribution < -0.4 is 5.32 Å². The maximum Gasteiger partial charge on any atom is 0.0426 e. The molecule has 1 aromatic carbocycles. The minimum absolute atomic E-state index is 0.743. The smallest absolute Gasteiger partial charge is 0.0426 e. The van der Waals surface area contributed by atoms with E-state index in [0.29, 0.717) is 0 Å². The second kappa shape index (κ2) is 4.99. The lowest BCUT2D eigenvalue weighted by atomic mass is 10.1. The predicted molar refractivity (Wildman–Crippen MR) is 67.8 cm³/mol. The van der Waals surface area contributed by atoms with Crippen LogP contribution in [0.2, 0.25) is 5.02 Å². The van der Waals surface area contributed by atoms with Crippen LogP contribution in [0.4, 0.5) is 5.69 Å². The highest BCUT2D eigenvalue weighted by Gasteiger charge is 1.98. The summed E-state index contributed by atoms with van der Waals surface area (Å²) in [4.78, 5) is 4.11. The average molecular weight is 233 g/mol. The van der Waals surface area contributed by atoms with Crippen molar-refractivity contribution in [2.24, 2.45) is 0 Å². The number of aromatic nitrogens is 1. The quantitative estimate of drug-likeness (QED) is 0.874. The largest absolute Gasteiger partial charge is 0.381 e. The van der Waals surface area contributed by atoms with Gasteiger partial charge in [-0.25, -0.2) is 0 Å². The molecule has 0 aliphatic carbocycles. The van der Waals surface area contributed by atoms with E-state index in [1.165, 1.54) is 11.1 Å². The molecule has 2 rings (SSSR count). The summed E-state index contributed by atoms with van der Waals surface area (Å²) in [6, 6.07) is 9.71. The minimum Gasteiger partial charge on any atom is -0.381 e. The van der Waals surface area contributed by atoms with E-state index in [2.05, 4.69) is 17.2 Å². The molecule has 0 unspecified atom stereocenters. The van der Waals surface area contributed by atoms with Gasteiger partial charge in [-0.15, -0.1) is 0 Å². The van der Waals surface area contributed by atoms with Crippen molar-refractivity contribution in [2.75, 3.05) is 5.32 Å². The zero-order valence-electron chi connectivity index (χ0n) is 9.07. The van der Waals surface area contributed by atoms with Crippen molar-refractivity contribution in [3.8, 4) is 0 Å². The zero-order chi connectivity index (χ0) is 11.4. The van der Waals surface area contributed by atoms with Gasteiger partial charge in [-0.05, 0) is 42.3 Å². The van der Waals surface area contributed by atoms with E-state index < -0.39 is 0 Å². The third-order valence-electron chi connectivity index (χ3n) is 2.46. The molecule has 0 aliphatic heterocycles. The number of rotatable bonds is 3. The first-order valence-electron chi connectivity index (χ1n) is 5.14. The number of aryl methyl sites for hydroxylation is 1. The molecule has 3 heteroatoms. The summed E-state index contributed by atoms with van der Waals surface area (Å²) in [5.41, 5.74) is 3.46. The molecule has 1 heterocycles. The van der Waals surface area contributed by atoms with Crippen LogP contribution in [0, 0.1) is 6.92 Å². The predicted octanol–water partition coefficient (Wildman–Crippen LogP) is 3.66. The van der Waals surface area contributed by atoms with Gasteiger partial charge in [-0.2, -0.15) is 0 Å². The first-order chi connectivity index (χ1) is 7.75. The monoisotopic (exact) mass is 232 g/mol. The number of halogens is 1. The molecule has 1 aromatic heterocycles. The van der Waals surface area contributed by atoms with Crippen LogP contribution in [-0.4, -0.2) is 4.98 Å². The van der Waals surface area contributed by atoms with E-state index in [9.17, 15) is 0 Å². The Balaban J connectivity index is 2.05. The van der Waals surface area contributed by atoms with Crippen LogP contribution >= 0.6 is 11.6 Å². The summed E-state index contributed by atoms with van der Waals surface area (Å²) in [7, 11) is 0. The highest BCUT2D eigenvalue weighted by atomic mass is 35.5.